The van der Waals surface area contributed by atoms with Crippen molar-refractivity contribution in [3.8, 4) is 34.6 Å². The number of nitrogens with zero attached hydrogens (tertiary/aromatic N) is 4. The van der Waals surface area contributed by atoms with Gasteiger partial charge in [-0.15, -0.1) is 0 Å². The Bertz CT molecular complexity index is 2410. The maximum absolute atomic E-state index is 10.5. The standard InChI is InChI=1S/C40H26N4/c1-25-14-16-32-30-10-3-5-12-34(30)43(36(32)18-25)38-21-28(24-42)22-39(40(38)29-9-7-8-27(20-29)23-41)44-35-13-6-4-11-31(35)33-17-15-26(2)19-37(33)44/h3-22H,1-2H3. The van der Waals surface area contributed by atoms with Crippen LogP contribution >= 0.6 is 0 Å². The van der Waals surface area contributed by atoms with Crippen molar-refractivity contribution in [1.82, 2.24) is 9.13 Å². The first-order chi connectivity index (χ1) is 21.6. The maximum Gasteiger partial charge on any atom is 0.0993 e. The van der Waals surface area contributed by atoms with Gasteiger partial charge in [0.05, 0.1) is 56.7 Å². The Morgan fingerprint density at radius 2 is 0.955 bits per heavy atom. The van der Waals surface area contributed by atoms with Crippen LogP contribution in [0.1, 0.15) is 22.3 Å². The van der Waals surface area contributed by atoms with Gasteiger partial charge in [0.15, 0.2) is 0 Å². The van der Waals surface area contributed by atoms with Crippen LogP contribution in [0.5, 0.6) is 0 Å². The molecule has 8 aromatic rings. The van der Waals surface area contributed by atoms with Gasteiger partial charge < -0.3 is 9.13 Å². The van der Waals surface area contributed by atoms with E-state index in [4.69, 9.17) is 0 Å². The zero-order chi connectivity index (χ0) is 29.9. The topological polar surface area (TPSA) is 57.4 Å². The Hall–Kier alpha value is -6.10. The second kappa shape index (κ2) is 9.73. The van der Waals surface area contributed by atoms with E-state index >= 15 is 0 Å². The zero-order valence-corrected chi connectivity index (χ0v) is 24.3. The Morgan fingerprint density at radius 3 is 1.48 bits per heavy atom. The van der Waals surface area contributed by atoms with Crippen LogP contribution in [-0.4, -0.2) is 9.13 Å². The van der Waals surface area contributed by atoms with Gasteiger partial charge in [-0.2, -0.15) is 10.5 Å². The van der Waals surface area contributed by atoms with Crippen LogP contribution in [0.25, 0.3) is 66.1 Å². The highest BCUT2D eigenvalue weighted by molar-refractivity contribution is 6.12. The molecule has 0 amide bonds. The van der Waals surface area contributed by atoms with E-state index in [1.165, 1.54) is 0 Å². The van der Waals surface area contributed by atoms with E-state index in [-0.39, 0.29) is 0 Å². The van der Waals surface area contributed by atoms with E-state index in [0.29, 0.717) is 11.1 Å². The molecule has 0 aliphatic heterocycles. The van der Waals surface area contributed by atoms with Crippen molar-refractivity contribution < 1.29 is 0 Å². The molecule has 0 spiro atoms. The number of hydrogen-bond acceptors (Lipinski definition) is 2. The van der Waals surface area contributed by atoms with Crippen LogP contribution in [0, 0.1) is 36.5 Å². The molecule has 0 unspecified atom stereocenters. The Morgan fingerprint density at radius 1 is 0.455 bits per heavy atom. The van der Waals surface area contributed by atoms with Crippen molar-refractivity contribution in [2.24, 2.45) is 0 Å². The molecular formula is C40H26N4. The molecule has 4 nitrogen and oxygen atoms in total. The fraction of sp³-hybridized carbons (Fsp3) is 0.0500. The van der Waals surface area contributed by atoms with Gasteiger partial charge in [-0.05, 0) is 79.1 Å². The summed E-state index contributed by atoms with van der Waals surface area (Å²) in [6.07, 6.45) is 0. The van der Waals surface area contributed by atoms with E-state index in [0.717, 1.165) is 77.2 Å². The quantitative estimate of drug-likeness (QED) is 0.215. The van der Waals surface area contributed by atoms with Crippen molar-refractivity contribution in [2.75, 3.05) is 0 Å². The van der Waals surface area contributed by atoms with E-state index in [1.54, 1.807) is 0 Å². The van der Waals surface area contributed by atoms with E-state index in [9.17, 15) is 10.5 Å². The highest BCUT2D eigenvalue weighted by atomic mass is 15.0. The van der Waals surface area contributed by atoms with Gasteiger partial charge >= 0.3 is 0 Å². The molecule has 2 heterocycles. The molecule has 2 aromatic heterocycles. The molecule has 206 valence electrons. The van der Waals surface area contributed by atoms with Crippen LogP contribution in [-0.2, 0) is 0 Å². The van der Waals surface area contributed by atoms with Gasteiger partial charge in [0.25, 0.3) is 0 Å². The van der Waals surface area contributed by atoms with Crippen LogP contribution in [0.3, 0.4) is 0 Å². The van der Waals surface area contributed by atoms with E-state index in [2.05, 4.69) is 126 Å². The molecule has 0 bridgehead atoms. The average Bonchev–Trinajstić information content (AvgIpc) is 3.55. The fourth-order valence-corrected chi connectivity index (χ4v) is 6.75. The van der Waals surface area contributed by atoms with Gasteiger partial charge in [0.2, 0.25) is 0 Å². The summed E-state index contributed by atoms with van der Waals surface area (Å²) in [5, 5.41) is 25.0. The minimum absolute atomic E-state index is 0.562. The van der Waals surface area contributed by atoms with E-state index in [1.807, 2.05) is 30.3 Å². The van der Waals surface area contributed by atoms with Crippen molar-refractivity contribution >= 4 is 43.6 Å². The van der Waals surface area contributed by atoms with Crippen LogP contribution in [0.15, 0.2) is 121 Å². The summed E-state index contributed by atoms with van der Waals surface area (Å²) < 4.78 is 4.57. The number of rotatable bonds is 3. The Kier molecular flexibility index (Phi) is 5.66. The molecule has 8 rings (SSSR count). The molecule has 0 saturated carbocycles. The molecule has 0 atom stereocenters. The number of benzene rings is 6. The monoisotopic (exact) mass is 562 g/mol. The molecule has 0 aliphatic rings. The summed E-state index contributed by atoms with van der Waals surface area (Å²) in [7, 11) is 0. The van der Waals surface area contributed by atoms with Crippen molar-refractivity contribution in [3.05, 3.63) is 144 Å². The third kappa shape index (κ3) is 3.76. The van der Waals surface area contributed by atoms with Crippen LogP contribution < -0.4 is 0 Å². The lowest BCUT2D eigenvalue weighted by Crippen LogP contribution is -2.05. The molecule has 44 heavy (non-hydrogen) atoms. The Labute approximate surface area is 254 Å². The first-order valence-electron chi connectivity index (χ1n) is 14.6. The van der Waals surface area contributed by atoms with E-state index < -0.39 is 0 Å². The van der Waals surface area contributed by atoms with Crippen molar-refractivity contribution in [2.45, 2.75) is 13.8 Å². The summed E-state index contributed by atoms with van der Waals surface area (Å²) in [5.74, 6) is 0. The molecule has 0 N–H and O–H groups in total. The highest BCUT2D eigenvalue weighted by Crippen LogP contribution is 2.43. The summed E-state index contributed by atoms with van der Waals surface area (Å²) in [6, 6.07) is 46.5. The third-order valence-corrected chi connectivity index (χ3v) is 8.65. The summed E-state index contributed by atoms with van der Waals surface area (Å²) in [5.41, 5.74) is 11.4. The lowest BCUT2D eigenvalue weighted by Gasteiger charge is -2.21. The second-order valence-corrected chi connectivity index (χ2v) is 11.4. The SMILES string of the molecule is Cc1ccc2c3ccccc3n(-c3cc(C#N)cc(-n4c5ccccc5c5ccc(C)cc54)c3-c3cccc(C#N)c3)c2c1. The van der Waals surface area contributed by atoms with Crippen molar-refractivity contribution in [3.63, 3.8) is 0 Å². The Balaban J connectivity index is 1.62. The first-order valence-corrected chi connectivity index (χ1v) is 14.6. The molecule has 0 radical (unpaired) electrons. The summed E-state index contributed by atoms with van der Waals surface area (Å²) in [6.45, 7) is 4.21. The number of hydrogen-bond donors (Lipinski definition) is 0. The molecule has 6 aromatic carbocycles. The number of aryl methyl sites for hydroxylation is 2. The van der Waals surface area contributed by atoms with Gasteiger partial charge in [-0.3, -0.25) is 0 Å². The molecule has 0 fully saturated rings. The third-order valence-electron chi connectivity index (χ3n) is 8.65. The fourth-order valence-electron chi connectivity index (χ4n) is 6.75. The lowest BCUT2D eigenvalue weighted by molar-refractivity contribution is 1.13. The predicted octanol–water partition coefficient (Wildman–Crippen LogP) is 9.91. The summed E-state index contributed by atoms with van der Waals surface area (Å²) in [4.78, 5) is 0. The summed E-state index contributed by atoms with van der Waals surface area (Å²) >= 11 is 0. The van der Waals surface area contributed by atoms with Crippen molar-refractivity contribution in [1.29, 1.82) is 10.5 Å². The normalized spacial score (nSPS) is 11.4. The largest absolute Gasteiger partial charge is 0.308 e. The number of nitriles is 2. The second-order valence-electron chi connectivity index (χ2n) is 11.4. The molecular weight excluding hydrogens is 536 g/mol. The van der Waals surface area contributed by atoms with Crippen LogP contribution in [0.4, 0.5) is 0 Å². The zero-order valence-electron chi connectivity index (χ0n) is 24.3. The number of aromatic nitrogens is 2. The molecule has 4 heteroatoms. The van der Waals surface area contributed by atoms with Gasteiger partial charge in [0, 0.05) is 27.1 Å². The maximum atomic E-state index is 10.5. The van der Waals surface area contributed by atoms with Gasteiger partial charge in [-0.1, -0.05) is 72.8 Å². The highest BCUT2D eigenvalue weighted by Gasteiger charge is 2.23. The smallest absolute Gasteiger partial charge is 0.0993 e. The number of para-hydroxylation sites is 2. The minimum Gasteiger partial charge on any atom is -0.308 e. The van der Waals surface area contributed by atoms with Gasteiger partial charge in [-0.25, -0.2) is 0 Å². The van der Waals surface area contributed by atoms with Gasteiger partial charge in [0.1, 0.15) is 0 Å². The first kappa shape index (κ1) is 25.6. The minimum atomic E-state index is 0.562. The number of fused-ring (bicyclic) bond motifs is 6. The average molecular weight is 563 g/mol. The predicted molar refractivity (Wildman–Crippen MR) is 179 cm³/mol. The molecule has 0 saturated heterocycles. The molecule has 0 aliphatic carbocycles. The van der Waals surface area contributed by atoms with Crippen LogP contribution in [0.2, 0.25) is 0 Å². The lowest BCUT2D eigenvalue weighted by atomic mass is 9.96.